The number of amides is 1. The van der Waals surface area contributed by atoms with E-state index in [1.807, 2.05) is 0 Å². The Balaban J connectivity index is 4.58. The van der Waals surface area contributed by atoms with Crippen LogP contribution >= 0.6 is 0 Å². The van der Waals surface area contributed by atoms with Gasteiger partial charge in [-0.3, -0.25) is 14.4 Å². The molecule has 0 aliphatic heterocycles. The predicted molar refractivity (Wildman–Crippen MR) is 294 cm³/mol. The number of likely N-dealkylation sites (N-methyl/N-ethyl adjacent to an activating group) is 1. The molecule has 68 heavy (non-hydrogen) atoms. The third-order valence-corrected chi connectivity index (χ3v) is 14.4. The van der Waals surface area contributed by atoms with E-state index in [2.05, 4.69) is 56.8 Å². The molecule has 1 N–H and O–H groups in total. The number of rotatable bonds is 55. The van der Waals surface area contributed by atoms with Crippen molar-refractivity contribution in [2.45, 2.75) is 298 Å². The van der Waals surface area contributed by atoms with Crippen LogP contribution in [0.1, 0.15) is 298 Å². The Hall–Kier alpha value is -1.67. The number of nitrogens with zero attached hydrogens (tertiary/aromatic N) is 2. The Morgan fingerprint density at radius 2 is 0.721 bits per heavy atom. The van der Waals surface area contributed by atoms with Gasteiger partial charge in [0.1, 0.15) is 0 Å². The first-order chi connectivity index (χ1) is 33.3. The zero-order valence-electron chi connectivity index (χ0n) is 46.7. The van der Waals surface area contributed by atoms with Crippen LogP contribution in [0.25, 0.3) is 0 Å². The molecule has 0 rings (SSSR count). The Morgan fingerprint density at radius 3 is 1.18 bits per heavy atom. The summed E-state index contributed by atoms with van der Waals surface area (Å²) in [4.78, 5) is 42.7. The van der Waals surface area contributed by atoms with Crippen LogP contribution in [0, 0.1) is 11.8 Å². The van der Waals surface area contributed by atoms with Gasteiger partial charge in [0.05, 0.1) is 13.2 Å². The molecule has 2 atom stereocenters. The van der Waals surface area contributed by atoms with E-state index in [-0.39, 0.29) is 17.8 Å². The first-order valence-electron chi connectivity index (χ1n) is 30.3. The fourth-order valence-electron chi connectivity index (χ4n) is 9.52. The van der Waals surface area contributed by atoms with Crippen LogP contribution in [0.3, 0.4) is 0 Å². The number of carbonyl (C=O) groups excluding carboxylic acids is 3. The van der Waals surface area contributed by atoms with Gasteiger partial charge in [-0.1, -0.05) is 208 Å². The van der Waals surface area contributed by atoms with Crippen molar-refractivity contribution in [2.75, 3.05) is 59.5 Å². The predicted octanol–water partition coefficient (Wildman–Crippen LogP) is 16.7. The van der Waals surface area contributed by atoms with Crippen molar-refractivity contribution >= 4 is 17.8 Å². The molecule has 0 aromatic heterocycles. The molecule has 8 heteroatoms. The van der Waals surface area contributed by atoms with Gasteiger partial charge in [-0.05, 0) is 109 Å². The van der Waals surface area contributed by atoms with E-state index in [1.54, 1.807) is 0 Å². The summed E-state index contributed by atoms with van der Waals surface area (Å²) in [6, 6.07) is 0. The summed E-state index contributed by atoms with van der Waals surface area (Å²) >= 11 is 0. The van der Waals surface area contributed by atoms with Crippen LogP contribution in [0.15, 0.2) is 0 Å². The van der Waals surface area contributed by atoms with Gasteiger partial charge in [0.15, 0.2) is 0 Å². The van der Waals surface area contributed by atoms with Crippen LogP contribution in [-0.2, 0) is 23.9 Å². The lowest BCUT2D eigenvalue weighted by Crippen LogP contribution is -2.35. The fourth-order valence-corrected chi connectivity index (χ4v) is 9.52. The van der Waals surface area contributed by atoms with Crippen LogP contribution < -0.4 is 5.32 Å². The van der Waals surface area contributed by atoms with Crippen molar-refractivity contribution in [1.82, 2.24) is 15.1 Å². The lowest BCUT2D eigenvalue weighted by molar-refractivity contribution is -0.146. The normalized spacial score (nSPS) is 12.5. The van der Waals surface area contributed by atoms with E-state index >= 15 is 0 Å². The molecule has 0 bridgehead atoms. The maximum absolute atomic E-state index is 12.5. The molecule has 0 aliphatic rings. The lowest BCUT2D eigenvalue weighted by atomic mass is 9.96. The highest BCUT2D eigenvalue weighted by atomic mass is 16.5. The van der Waals surface area contributed by atoms with E-state index in [1.165, 1.54) is 199 Å². The number of carbonyl (C=O) groups is 3. The lowest BCUT2D eigenvalue weighted by Gasteiger charge is -2.25. The maximum atomic E-state index is 12.5. The number of unbranched alkanes of at least 4 members (excludes halogenated alkanes) is 26. The molecule has 0 aromatic carbocycles. The molecule has 2 unspecified atom stereocenters. The number of nitrogens with one attached hydrogen (secondary N) is 1. The zero-order valence-corrected chi connectivity index (χ0v) is 46.7. The maximum Gasteiger partial charge on any atom is 0.305 e. The molecule has 8 nitrogen and oxygen atoms in total. The van der Waals surface area contributed by atoms with Gasteiger partial charge in [0.2, 0.25) is 5.91 Å². The standard InChI is InChI=1S/C60H119N3O5/c1-7-12-17-20-21-24-29-37-48-61-58(64)45-36-40-49-62(6)52-53-63(50-38-30-25-22-27-34-46-59(65)67-54-56(41-15-10-4)43-32-18-13-8-2)51-39-31-26-23-28-35-47-60(66)68-55-57(42-16-11-5)44-33-19-14-9-3/h56-57H,7-55H2,1-6H3,(H,61,64). The third kappa shape index (κ3) is 48.0. The topological polar surface area (TPSA) is 88.2 Å². The van der Waals surface area contributed by atoms with E-state index in [0.717, 1.165) is 84.2 Å². The monoisotopic (exact) mass is 962 g/mol. The molecule has 0 saturated carbocycles. The summed E-state index contributed by atoms with van der Waals surface area (Å²) in [5.41, 5.74) is 0. The van der Waals surface area contributed by atoms with Crippen LogP contribution in [0.2, 0.25) is 0 Å². The molecular formula is C60H119N3O5. The highest BCUT2D eigenvalue weighted by Gasteiger charge is 2.14. The van der Waals surface area contributed by atoms with Gasteiger partial charge >= 0.3 is 11.9 Å². The summed E-state index contributed by atoms with van der Waals surface area (Å²) < 4.78 is 11.5. The van der Waals surface area contributed by atoms with Crippen molar-refractivity contribution in [1.29, 1.82) is 0 Å². The van der Waals surface area contributed by atoms with Gasteiger partial charge in [-0.2, -0.15) is 0 Å². The Morgan fingerprint density at radius 1 is 0.368 bits per heavy atom. The number of hydrogen-bond donors (Lipinski definition) is 1. The van der Waals surface area contributed by atoms with Crippen molar-refractivity contribution in [3.05, 3.63) is 0 Å². The second-order valence-electron chi connectivity index (χ2n) is 21.3. The van der Waals surface area contributed by atoms with Gasteiger partial charge in [0.25, 0.3) is 0 Å². The summed E-state index contributed by atoms with van der Waals surface area (Å²) in [6.07, 6.45) is 48.0. The second-order valence-corrected chi connectivity index (χ2v) is 21.3. The smallest absolute Gasteiger partial charge is 0.305 e. The molecule has 0 spiro atoms. The van der Waals surface area contributed by atoms with Gasteiger partial charge in [-0.15, -0.1) is 0 Å². The molecule has 0 aromatic rings. The quantitative estimate of drug-likeness (QED) is 0.0480. The number of esters is 2. The first kappa shape index (κ1) is 66.3. The van der Waals surface area contributed by atoms with Crippen molar-refractivity contribution in [3.63, 3.8) is 0 Å². The molecule has 0 saturated heterocycles. The Bertz CT molecular complexity index is 1020. The third-order valence-electron chi connectivity index (χ3n) is 14.4. The van der Waals surface area contributed by atoms with Crippen molar-refractivity contribution in [3.8, 4) is 0 Å². The molecule has 404 valence electrons. The van der Waals surface area contributed by atoms with Crippen LogP contribution in [0.4, 0.5) is 0 Å². The minimum atomic E-state index is 0.00470. The van der Waals surface area contributed by atoms with Gasteiger partial charge < -0.3 is 24.6 Å². The highest BCUT2D eigenvalue weighted by molar-refractivity contribution is 5.75. The minimum Gasteiger partial charge on any atom is -0.465 e. The SMILES string of the molecule is CCCCCCCCCCNC(=O)CCCCN(C)CCN(CCCCCCCCC(=O)OCC(CCCC)CCCCCC)CCCCCCCCC(=O)OCC(CCCC)CCCCCC. The zero-order chi connectivity index (χ0) is 49.8. The molecule has 0 fully saturated rings. The summed E-state index contributed by atoms with van der Waals surface area (Å²) in [5, 5.41) is 3.15. The second kappa shape index (κ2) is 53.1. The highest BCUT2D eigenvalue weighted by Crippen LogP contribution is 2.20. The van der Waals surface area contributed by atoms with E-state index < -0.39 is 0 Å². The van der Waals surface area contributed by atoms with Crippen molar-refractivity contribution < 1.29 is 23.9 Å². The summed E-state index contributed by atoms with van der Waals surface area (Å²) in [5.74, 6) is 1.29. The summed E-state index contributed by atoms with van der Waals surface area (Å²) in [6.45, 7) is 18.8. The van der Waals surface area contributed by atoms with Crippen molar-refractivity contribution in [2.24, 2.45) is 11.8 Å². The Labute approximate surface area is 424 Å². The van der Waals surface area contributed by atoms with Crippen LogP contribution in [-0.4, -0.2) is 87.2 Å². The minimum absolute atomic E-state index is 0.00470. The molecule has 0 radical (unpaired) electrons. The average Bonchev–Trinajstić information content (AvgIpc) is 3.34. The Kier molecular flexibility index (Phi) is 51.8. The average molecular weight is 963 g/mol. The fraction of sp³-hybridized carbons (Fsp3) is 0.950. The van der Waals surface area contributed by atoms with E-state index in [0.29, 0.717) is 44.3 Å². The summed E-state index contributed by atoms with van der Waals surface area (Å²) in [7, 11) is 2.24. The van der Waals surface area contributed by atoms with E-state index in [9.17, 15) is 14.4 Å². The molecule has 0 aliphatic carbocycles. The molecular weight excluding hydrogens is 843 g/mol. The van der Waals surface area contributed by atoms with Gasteiger partial charge in [0, 0.05) is 38.9 Å². The molecule has 0 heterocycles. The van der Waals surface area contributed by atoms with Gasteiger partial charge in [-0.25, -0.2) is 0 Å². The number of ether oxygens (including phenoxy) is 2. The first-order valence-corrected chi connectivity index (χ1v) is 30.3. The number of hydrogen-bond acceptors (Lipinski definition) is 7. The van der Waals surface area contributed by atoms with Crippen LogP contribution in [0.5, 0.6) is 0 Å². The van der Waals surface area contributed by atoms with E-state index in [4.69, 9.17) is 9.47 Å². The molecule has 1 amide bonds. The largest absolute Gasteiger partial charge is 0.465 e.